The Morgan fingerprint density at radius 3 is 2.31 bits per heavy atom. The average molecular weight is 181 g/mol. The number of hydrogen-bond donors (Lipinski definition) is 0. The van der Waals surface area contributed by atoms with E-state index in [4.69, 9.17) is 0 Å². The van der Waals surface area contributed by atoms with Crippen molar-refractivity contribution < 1.29 is 4.79 Å². The maximum absolute atomic E-state index is 11.7. The van der Waals surface area contributed by atoms with Crippen molar-refractivity contribution in [2.75, 3.05) is 6.54 Å². The fourth-order valence-corrected chi connectivity index (χ4v) is 2.84. The Morgan fingerprint density at radius 1 is 1.31 bits per heavy atom. The van der Waals surface area contributed by atoms with E-state index < -0.39 is 0 Å². The Balaban J connectivity index is 2.33. The second-order valence-electron chi connectivity index (χ2n) is 5.89. The molecule has 2 nitrogen and oxygen atoms in total. The lowest BCUT2D eigenvalue weighted by molar-refractivity contribution is -0.161. The molecular formula is C11H19NO. The van der Waals surface area contributed by atoms with Gasteiger partial charge < -0.3 is 4.90 Å². The van der Waals surface area contributed by atoms with Gasteiger partial charge in [-0.2, -0.15) is 0 Å². The Kier molecular flexibility index (Phi) is 1.59. The molecule has 3 rings (SSSR count). The zero-order valence-corrected chi connectivity index (χ0v) is 9.05. The van der Waals surface area contributed by atoms with E-state index in [2.05, 4.69) is 32.6 Å². The first kappa shape index (κ1) is 9.04. The summed E-state index contributed by atoms with van der Waals surface area (Å²) in [5.74, 6) is 0.959. The third-order valence-corrected chi connectivity index (χ3v) is 3.87. The van der Waals surface area contributed by atoms with Crippen LogP contribution in [0.4, 0.5) is 0 Å². The number of rotatable bonds is 0. The number of amides is 1. The average Bonchev–Trinajstić information content (AvgIpc) is 1.93. The van der Waals surface area contributed by atoms with Crippen LogP contribution >= 0.6 is 0 Å². The first-order valence-electron chi connectivity index (χ1n) is 5.13. The maximum atomic E-state index is 11.7. The first-order chi connectivity index (χ1) is 5.83. The summed E-state index contributed by atoms with van der Waals surface area (Å²) in [6.07, 6.45) is 1.95. The summed E-state index contributed by atoms with van der Waals surface area (Å²) in [5.41, 5.74) is 0.443. The summed E-state index contributed by atoms with van der Waals surface area (Å²) in [6.45, 7) is 9.89. The normalized spacial score (nSPS) is 35.2. The minimum Gasteiger partial charge on any atom is -0.337 e. The van der Waals surface area contributed by atoms with Gasteiger partial charge in [0.1, 0.15) is 0 Å². The molecular weight excluding hydrogens is 162 g/mol. The van der Waals surface area contributed by atoms with Crippen LogP contribution in [0.5, 0.6) is 0 Å². The lowest BCUT2D eigenvalue weighted by Crippen LogP contribution is -2.64. The van der Waals surface area contributed by atoms with Gasteiger partial charge in [0, 0.05) is 18.5 Å². The molecule has 0 radical (unpaired) electrons. The molecule has 0 saturated carbocycles. The first-order valence-corrected chi connectivity index (χ1v) is 5.13. The van der Waals surface area contributed by atoms with E-state index in [1.165, 1.54) is 6.42 Å². The largest absolute Gasteiger partial charge is 0.337 e. The molecule has 3 aliphatic rings. The van der Waals surface area contributed by atoms with Gasteiger partial charge in [0.25, 0.3) is 0 Å². The van der Waals surface area contributed by atoms with E-state index in [-0.39, 0.29) is 5.54 Å². The summed E-state index contributed by atoms with van der Waals surface area (Å²) < 4.78 is 0. The van der Waals surface area contributed by atoms with Gasteiger partial charge in [-0.3, -0.25) is 4.79 Å². The standard InChI is InChI=1S/C11H19NO/c1-10(2)7-12-9(13)5-8(10)6-11(12,3)4/h8H,5-7H2,1-4H3. The summed E-state index contributed by atoms with van der Waals surface area (Å²) >= 11 is 0. The molecule has 1 atom stereocenters. The fourth-order valence-electron chi connectivity index (χ4n) is 2.84. The van der Waals surface area contributed by atoms with Crippen LogP contribution in [0.25, 0.3) is 0 Å². The smallest absolute Gasteiger partial charge is 0.223 e. The third kappa shape index (κ3) is 1.18. The predicted octanol–water partition coefficient (Wildman–Crippen LogP) is 2.04. The topological polar surface area (TPSA) is 20.3 Å². The number of fused-ring (bicyclic) bond motifs is 3. The van der Waals surface area contributed by atoms with Gasteiger partial charge in [0.2, 0.25) is 5.91 Å². The van der Waals surface area contributed by atoms with Crippen LogP contribution in [0, 0.1) is 11.3 Å². The zero-order chi connectivity index (χ0) is 9.85. The van der Waals surface area contributed by atoms with Crippen LogP contribution < -0.4 is 0 Å². The molecule has 0 aromatic carbocycles. The van der Waals surface area contributed by atoms with E-state index in [9.17, 15) is 4.79 Å². The molecule has 0 aliphatic carbocycles. The van der Waals surface area contributed by atoms with Crippen molar-refractivity contribution in [1.29, 1.82) is 0 Å². The molecule has 0 aromatic heterocycles. The highest BCUT2D eigenvalue weighted by Gasteiger charge is 2.51. The molecule has 1 unspecified atom stereocenters. The number of carbonyl (C=O) groups is 1. The number of hydrogen-bond acceptors (Lipinski definition) is 1. The zero-order valence-electron chi connectivity index (χ0n) is 9.05. The Morgan fingerprint density at radius 2 is 1.92 bits per heavy atom. The van der Waals surface area contributed by atoms with Crippen LogP contribution in [0.2, 0.25) is 0 Å². The van der Waals surface area contributed by atoms with E-state index in [0.717, 1.165) is 13.0 Å². The minimum absolute atomic E-state index is 0.107. The molecule has 2 bridgehead atoms. The quantitative estimate of drug-likeness (QED) is 0.560. The van der Waals surface area contributed by atoms with Crippen LogP contribution in [-0.4, -0.2) is 22.9 Å². The van der Waals surface area contributed by atoms with Crippen LogP contribution in [0.15, 0.2) is 0 Å². The molecule has 13 heavy (non-hydrogen) atoms. The molecule has 74 valence electrons. The third-order valence-electron chi connectivity index (χ3n) is 3.87. The maximum Gasteiger partial charge on any atom is 0.223 e. The fraction of sp³-hybridized carbons (Fsp3) is 0.909. The van der Waals surface area contributed by atoms with Crippen molar-refractivity contribution in [2.45, 2.75) is 46.1 Å². The van der Waals surface area contributed by atoms with Crippen LogP contribution in [0.1, 0.15) is 40.5 Å². The van der Waals surface area contributed by atoms with E-state index >= 15 is 0 Å². The van der Waals surface area contributed by atoms with Crippen LogP contribution in [0.3, 0.4) is 0 Å². The molecule has 0 aromatic rings. The SMILES string of the molecule is CC1(C)CN2C(=O)CC1CC2(C)C. The molecule has 1 amide bonds. The molecule has 3 saturated heterocycles. The molecule has 2 heteroatoms. The molecule has 3 heterocycles. The Bertz CT molecular complexity index is 255. The Labute approximate surface area is 80.3 Å². The van der Waals surface area contributed by atoms with Gasteiger partial charge in [-0.1, -0.05) is 13.8 Å². The lowest BCUT2D eigenvalue weighted by atomic mass is 9.63. The summed E-state index contributed by atoms with van der Waals surface area (Å²) in [4.78, 5) is 13.8. The number of nitrogens with zero attached hydrogens (tertiary/aromatic N) is 1. The molecule has 3 aliphatic heterocycles. The van der Waals surface area contributed by atoms with Gasteiger partial charge in [0.15, 0.2) is 0 Å². The highest BCUT2D eigenvalue weighted by molar-refractivity contribution is 5.79. The molecule has 3 fully saturated rings. The summed E-state index contributed by atoms with van der Waals surface area (Å²) in [5, 5.41) is 0. The minimum atomic E-state index is 0.107. The number of piperidine rings is 3. The van der Waals surface area contributed by atoms with Crippen molar-refractivity contribution in [3.63, 3.8) is 0 Å². The monoisotopic (exact) mass is 181 g/mol. The van der Waals surface area contributed by atoms with Gasteiger partial charge in [0.05, 0.1) is 0 Å². The van der Waals surface area contributed by atoms with Crippen molar-refractivity contribution >= 4 is 5.91 Å². The molecule has 0 N–H and O–H groups in total. The van der Waals surface area contributed by atoms with Crippen LogP contribution in [-0.2, 0) is 4.79 Å². The predicted molar refractivity (Wildman–Crippen MR) is 52.3 cm³/mol. The summed E-state index contributed by atoms with van der Waals surface area (Å²) in [6, 6.07) is 0. The van der Waals surface area contributed by atoms with Gasteiger partial charge in [-0.25, -0.2) is 0 Å². The van der Waals surface area contributed by atoms with Gasteiger partial charge in [-0.05, 0) is 31.6 Å². The van der Waals surface area contributed by atoms with Gasteiger partial charge in [-0.15, -0.1) is 0 Å². The molecule has 0 spiro atoms. The number of carbonyl (C=O) groups excluding carboxylic acids is 1. The van der Waals surface area contributed by atoms with Crippen molar-refractivity contribution in [3.8, 4) is 0 Å². The Hall–Kier alpha value is -0.530. The van der Waals surface area contributed by atoms with Crippen molar-refractivity contribution in [3.05, 3.63) is 0 Å². The van der Waals surface area contributed by atoms with E-state index in [1.54, 1.807) is 0 Å². The van der Waals surface area contributed by atoms with E-state index in [0.29, 0.717) is 17.2 Å². The van der Waals surface area contributed by atoms with Crippen molar-refractivity contribution in [2.24, 2.45) is 11.3 Å². The second kappa shape index (κ2) is 2.28. The highest BCUT2D eigenvalue weighted by atomic mass is 16.2. The van der Waals surface area contributed by atoms with E-state index in [1.807, 2.05) is 0 Å². The summed E-state index contributed by atoms with van der Waals surface area (Å²) in [7, 11) is 0. The van der Waals surface area contributed by atoms with Gasteiger partial charge >= 0.3 is 0 Å². The second-order valence-corrected chi connectivity index (χ2v) is 5.89. The van der Waals surface area contributed by atoms with Crippen molar-refractivity contribution in [1.82, 2.24) is 4.90 Å². The lowest BCUT2D eigenvalue weighted by Gasteiger charge is -2.58. The highest BCUT2D eigenvalue weighted by Crippen LogP contribution is 2.48.